The Bertz CT molecular complexity index is 1390. The van der Waals surface area contributed by atoms with E-state index in [4.69, 9.17) is 69.6 Å². The molecule has 0 aromatic carbocycles. The van der Waals surface area contributed by atoms with Gasteiger partial charge in [0.15, 0.2) is 11.4 Å². The van der Waals surface area contributed by atoms with Crippen molar-refractivity contribution in [1.82, 2.24) is 29.5 Å². The van der Waals surface area contributed by atoms with Crippen LogP contribution < -0.4 is 0 Å². The van der Waals surface area contributed by atoms with Gasteiger partial charge in [0.25, 0.3) is 0 Å². The van der Waals surface area contributed by atoms with E-state index in [0.29, 0.717) is 9.36 Å². The predicted octanol–water partition coefficient (Wildman–Crippen LogP) is 10.2. The first kappa shape index (κ1) is 36.1. The number of pyridine rings is 2. The summed E-state index contributed by atoms with van der Waals surface area (Å²) in [7, 11) is 2.30. The van der Waals surface area contributed by atoms with Crippen LogP contribution in [0.3, 0.4) is 0 Å². The minimum absolute atomic E-state index is 0. The molecule has 0 bridgehead atoms. The summed E-state index contributed by atoms with van der Waals surface area (Å²) in [6, 6.07) is 4.10. The molecule has 0 saturated carbocycles. The van der Waals surface area contributed by atoms with Crippen LogP contribution in [0.2, 0.25) is 30.3 Å². The standard InChI is InChI=1S/2C10H5Cl3F3N3.2CH4/c1-19-9(10(14,15)16)7(13)8(18-19)6-2-4(11)5(12)3-17-6;1-19-8(10(14,15)16)6(12)7(18-19)5-3-2-4(11)9(13)17-5;;/h2*2-3H,1H3;2*1H4. The van der Waals surface area contributed by atoms with Crippen molar-refractivity contribution in [2.24, 2.45) is 14.1 Å². The van der Waals surface area contributed by atoms with Gasteiger partial charge in [0.05, 0.1) is 26.5 Å². The maximum absolute atomic E-state index is 12.8. The van der Waals surface area contributed by atoms with Crippen LogP contribution in [0.4, 0.5) is 26.3 Å². The summed E-state index contributed by atoms with van der Waals surface area (Å²) in [6.07, 6.45) is -7.99. The van der Waals surface area contributed by atoms with E-state index in [1.54, 1.807) is 0 Å². The molecule has 4 heterocycles. The maximum atomic E-state index is 12.8. The third-order valence-electron chi connectivity index (χ3n) is 4.61. The molecule has 0 aliphatic rings. The molecule has 0 saturated heterocycles. The number of aryl methyl sites for hydroxylation is 2. The molecule has 0 amide bonds. The SMILES string of the molecule is C.C.Cn1nc(-c2cc(Cl)c(Cl)cn2)c(Cl)c1C(F)(F)F.Cn1nc(-c2ccc(Cl)c(Cl)n2)c(Cl)c1C(F)(F)F. The minimum atomic E-state index is -4.60. The molecule has 0 radical (unpaired) electrons. The summed E-state index contributed by atoms with van der Waals surface area (Å²) in [6.45, 7) is 0. The monoisotopic (exact) mass is 690 g/mol. The molecule has 0 aliphatic heterocycles. The normalized spacial score (nSPS) is 11.3. The lowest BCUT2D eigenvalue weighted by molar-refractivity contribution is -0.144. The van der Waals surface area contributed by atoms with Crippen LogP contribution in [0, 0.1) is 0 Å². The highest BCUT2D eigenvalue weighted by Gasteiger charge is 2.40. The Hall–Kier alpha value is -1.96. The van der Waals surface area contributed by atoms with Gasteiger partial charge in [-0.1, -0.05) is 84.5 Å². The zero-order chi connectivity index (χ0) is 28.7. The zero-order valence-corrected chi connectivity index (χ0v) is 23.1. The van der Waals surface area contributed by atoms with E-state index < -0.39 is 33.8 Å². The second-order valence-electron chi connectivity index (χ2n) is 7.22. The molecule has 0 fully saturated rings. The molecule has 0 aliphatic carbocycles. The predicted molar refractivity (Wildman–Crippen MR) is 146 cm³/mol. The topological polar surface area (TPSA) is 61.4 Å². The van der Waals surface area contributed by atoms with Gasteiger partial charge in [-0.15, -0.1) is 0 Å². The second kappa shape index (κ2) is 13.3. The van der Waals surface area contributed by atoms with Crippen molar-refractivity contribution < 1.29 is 26.3 Å². The van der Waals surface area contributed by atoms with Gasteiger partial charge in [0, 0.05) is 20.3 Å². The Morgan fingerprint density at radius 3 is 1.48 bits per heavy atom. The molecule has 0 unspecified atom stereocenters. The molecule has 18 heteroatoms. The van der Waals surface area contributed by atoms with Crippen LogP contribution >= 0.6 is 69.6 Å². The van der Waals surface area contributed by atoms with E-state index in [1.807, 2.05) is 0 Å². The Morgan fingerprint density at radius 1 is 0.650 bits per heavy atom. The van der Waals surface area contributed by atoms with Gasteiger partial charge in [-0.2, -0.15) is 36.5 Å². The average Bonchev–Trinajstić information content (AvgIpc) is 3.26. The van der Waals surface area contributed by atoms with Gasteiger partial charge in [-0.25, -0.2) is 4.98 Å². The van der Waals surface area contributed by atoms with Gasteiger partial charge in [0.2, 0.25) is 0 Å². The van der Waals surface area contributed by atoms with Crippen LogP contribution in [0.1, 0.15) is 26.2 Å². The third kappa shape index (κ3) is 7.65. The summed E-state index contributed by atoms with van der Waals surface area (Å²) < 4.78 is 77.9. The van der Waals surface area contributed by atoms with Gasteiger partial charge in [0.1, 0.15) is 26.6 Å². The highest BCUT2D eigenvalue weighted by atomic mass is 35.5. The Balaban J connectivity index is 0.000000381. The van der Waals surface area contributed by atoms with Crippen LogP contribution in [0.15, 0.2) is 24.4 Å². The van der Waals surface area contributed by atoms with Crippen molar-refractivity contribution in [2.45, 2.75) is 27.2 Å². The van der Waals surface area contributed by atoms with Crippen LogP contribution in [-0.2, 0) is 26.4 Å². The van der Waals surface area contributed by atoms with Crippen molar-refractivity contribution in [3.8, 4) is 22.8 Å². The minimum Gasteiger partial charge on any atom is -0.261 e. The number of rotatable bonds is 2. The molecule has 4 aromatic rings. The molecule has 40 heavy (non-hydrogen) atoms. The van der Waals surface area contributed by atoms with Crippen molar-refractivity contribution in [1.29, 1.82) is 0 Å². The fourth-order valence-electron chi connectivity index (χ4n) is 3.03. The van der Waals surface area contributed by atoms with Crippen molar-refractivity contribution in [3.05, 3.63) is 66.1 Å². The van der Waals surface area contributed by atoms with Gasteiger partial charge >= 0.3 is 12.4 Å². The number of hydrogen-bond donors (Lipinski definition) is 0. The summed E-state index contributed by atoms with van der Waals surface area (Å²) in [4.78, 5) is 7.71. The number of nitrogens with zero attached hydrogens (tertiary/aromatic N) is 6. The highest BCUT2D eigenvalue weighted by molar-refractivity contribution is 6.42. The van der Waals surface area contributed by atoms with E-state index in [9.17, 15) is 26.3 Å². The van der Waals surface area contributed by atoms with Crippen molar-refractivity contribution in [3.63, 3.8) is 0 Å². The molecule has 0 atom stereocenters. The third-order valence-corrected chi connectivity index (χ3v) is 6.73. The smallest absolute Gasteiger partial charge is 0.261 e. The van der Waals surface area contributed by atoms with Gasteiger partial charge in [-0.3, -0.25) is 14.3 Å². The lowest BCUT2D eigenvalue weighted by atomic mass is 10.2. The van der Waals surface area contributed by atoms with Crippen LogP contribution in [-0.4, -0.2) is 29.5 Å². The Labute approximate surface area is 254 Å². The van der Waals surface area contributed by atoms with Crippen LogP contribution in [0.25, 0.3) is 22.8 Å². The first-order chi connectivity index (χ1) is 17.4. The zero-order valence-electron chi connectivity index (χ0n) is 18.5. The fraction of sp³-hybridized carbons (Fsp3) is 0.273. The molecule has 4 rings (SSSR count). The van der Waals surface area contributed by atoms with E-state index >= 15 is 0 Å². The van der Waals surface area contributed by atoms with E-state index in [-0.39, 0.29) is 57.9 Å². The van der Waals surface area contributed by atoms with Crippen molar-refractivity contribution >= 4 is 69.6 Å². The Morgan fingerprint density at radius 2 is 1.10 bits per heavy atom. The fourth-order valence-corrected chi connectivity index (χ4v) is 4.28. The van der Waals surface area contributed by atoms with Crippen molar-refractivity contribution in [2.75, 3.05) is 0 Å². The van der Waals surface area contributed by atoms with Gasteiger partial charge < -0.3 is 0 Å². The highest BCUT2D eigenvalue weighted by Crippen LogP contribution is 2.41. The Kier molecular flexibility index (Phi) is 12.0. The van der Waals surface area contributed by atoms with Crippen LogP contribution in [0.5, 0.6) is 0 Å². The summed E-state index contributed by atoms with van der Waals surface area (Å²) in [5.74, 6) is 0. The van der Waals surface area contributed by atoms with E-state index in [2.05, 4.69) is 20.2 Å². The number of alkyl halides is 6. The number of aromatic nitrogens is 6. The largest absolute Gasteiger partial charge is 0.434 e. The molecule has 220 valence electrons. The van der Waals surface area contributed by atoms with E-state index in [0.717, 1.165) is 14.1 Å². The summed E-state index contributed by atoms with van der Waals surface area (Å²) in [5, 5.41) is 6.88. The lowest BCUT2D eigenvalue weighted by Crippen LogP contribution is -2.12. The summed E-state index contributed by atoms with van der Waals surface area (Å²) >= 11 is 34.3. The first-order valence-corrected chi connectivity index (χ1v) is 11.9. The van der Waals surface area contributed by atoms with E-state index in [1.165, 1.54) is 24.4 Å². The second-order valence-corrected chi connectivity index (χ2v) is 9.55. The van der Waals surface area contributed by atoms with Gasteiger partial charge in [-0.05, 0) is 18.2 Å². The quantitative estimate of drug-likeness (QED) is 0.155. The molecular weight excluding hydrogens is 675 g/mol. The molecule has 0 N–H and O–H groups in total. The molecular formula is C22H18Cl6F6N6. The maximum Gasteiger partial charge on any atom is 0.434 e. The summed E-state index contributed by atoms with van der Waals surface area (Å²) in [5.41, 5.74) is -2.06. The average molecular weight is 693 g/mol. The molecule has 6 nitrogen and oxygen atoms in total. The first-order valence-electron chi connectivity index (χ1n) is 9.66. The number of hydrogen-bond acceptors (Lipinski definition) is 4. The molecule has 0 spiro atoms. The molecule has 4 aromatic heterocycles. The number of halogens is 12. The lowest BCUT2D eigenvalue weighted by Gasteiger charge is -2.06.